The molecule has 1 aromatic rings. The molecule has 1 rings (SSSR count). The highest BCUT2D eigenvalue weighted by Crippen LogP contribution is 2.12. The predicted octanol–water partition coefficient (Wildman–Crippen LogP) is 0.769. The lowest BCUT2D eigenvalue weighted by Crippen LogP contribution is -2.27. The van der Waals surface area contributed by atoms with Crippen molar-refractivity contribution in [1.82, 2.24) is 5.32 Å². The number of nitro benzene ring substituents is 1. The average Bonchev–Trinajstić information content (AvgIpc) is 2.35. The second-order valence-corrected chi connectivity index (χ2v) is 6.36. The number of nitrogens with zero attached hydrogens (tertiary/aromatic N) is 1. The van der Waals surface area contributed by atoms with Gasteiger partial charge < -0.3 is 5.32 Å². The molecule has 0 fully saturated rings. The van der Waals surface area contributed by atoms with Crippen LogP contribution in [0.1, 0.15) is 5.56 Å². The van der Waals surface area contributed by atoms with Crippen molar-refractivity contribution in [3.63, 3.8) is 0 Å². The Kier molecular flexibility index (Phi) is 5.39. The van der Waals surface area contributed by atoms with E-state index in [1.54, 1.807) is 0 Å². The molecule has 0 aliphatic carbocycles. The minimum Gasteiger partial charge on any atom is -0.352 e. The van der Waals surface area contributed by atoms with Gasteiger partial charge in [0.25, 0.3) is 5.69 Å². The van der Waals surface area contributed by atoms with Gasteiger partial charge in [-0.3, -0.25) is 14.9 Å². The topological polar surface area (TPSA) is 106 Å². The number of benzene rings is 1. The fraction of sp³-hybridized carbons (Fsp3) is 0.250. The number of nitrogens with one attached hydrogen (secondary N) is 1. The Morgan fingerprint density at radius 3 is 2.45 bits per heavy atom. The molecule has 0 aliphatic rings. The lowest BCUT2D eigenvalue weighted by Gasteiger charge is -2.00. The van der Waals surface area contributed by atoms with Crippen molar-refractivity contribution in [3.8, 4) is 0 Å². The van der Waals surface area contributed by atoms with Gasteiger partial charge >= 0.3 is 0 Å². The number of nitro groups is 1. The number of sulfone groups is 1. The molecular weight excluding hydrogens is 284 g/mol. The Labute approximate surface area is 116 Å². The van der Waals surface area contributed by atoms with E-state index in [1.807, 2.05) is 0 Å². The Balaban J connectivity index is 2.51. The van der Waals surface area contributed by atoms with Crippen molar-refractivity contribution >= 4 is 27.5 Å². The summed E-state index contributed by atoms with van der Waals surface area (Å²) in [6, 6.07) is 5.69. The third-order valence-electron chi connectivity index (χ3n) is 2.30. The summed E-state index contributed by atoms with van der Waals surface area (Å²) in [6.45, 7) is 0.0439. The zero-order valence-corrected chi connectivity index (χ0v) is 11.6. The van der Waals surface area contributed by atoms with Crippen molar-refractivity contribution in [1.29, 1.82) is 0 Å². The molecule has 0 aromatic heterocycles. The van der Waals surface area contributed by atoms with Crippen molar-refractivity contribution < 1.29 is 18.1 Å². The molecular formula is C12H14N2O5S. The molecule has 7 nitrogen and oxygen atoms in total. The molecule has 1 amide bonds. The summed E-state index contributed by atoms with van der Waals surface area (Å²) < 4.78 is 21.7. The van der Waals surface area contributed by atoms with Crippen LogP contribution in [-0.2, 0) is 14.6 Å². The van der Waals surface area contributed by atoms with E-state index in [2.05, 4.69) is 5.32 Å². The van der Waals surface area contributed by atoms with Crippen molar-refractivity contribution in [3.05, 3.63) is 46.0 Å². The molecule has 0 spiro atoms. The lowest BCUT2D eigenvalue weighted by molar-refractivity contribution is -0.384. The molecule has 8 heteroatoms. The van der Waals surface area contributed by atoms with E-state index in [0.717, 1.165) is 6.26 Å². The lowest BCUT2D eigenvalue weighted by atomic mass is 10.2. The molecule has 1 N–H and O–H groups in total. The van der Waals surface area contributed by atoms with Gasteiger partial charge in [0, 0.05) is 31.0 Å². The summed E-state index contributed by atoms with van der Waals surface area (Å²) in [5, 5.41) is 12.9. The maximum absolute atomic E-state index is 11.4. The van der Waals surface area contributed by atoms with Crippen LogP contribution in [0.25, 0.3) is 6.08 Å². The van der Waals surface area contributed by atoms with Gasteiger partial charge in [-0.1, -0.05) is 0 Å². The zero-order chi connectivity index (χ0) is 15.2. The van der Waals surface area contributed by atoms with Crippen molar-refractivity contribution in [2.75, 3.05) is 18.6 Å². The molecule has 0 saturated carbocycles. The molecule has 0 bridgehead atoms. The summed E-state index contributed by atoms with van der Waals surface area (Å²) in [7, 11) is -3.10. The molecule has 0 heterocycles. The average molecular weight is 298 g/mol. The second kappa shape index (κ2) is 6.80. The predicted molar refractivity (Wildman–Crippen MR) is 74.9 cm³/mol. The van der Waals surface area contributed by atoms with Crippen molar-refractivity contribution in [2.24, 2.45) is 0 Å². The highest BCUT2D eigenvalue weighted by atomic mass is 32.2. The van der Waals surface area contributed by atoms with Crippen LogP contribution in [0.15, 0.2) is 30.3 Å². The molecule has 20 heavy (non-hydrogen) atoms. The van der Waals surface area contributed by atoms with Crippen LogP contribution in [0.5, 0.6) is 0 Å². The maximum Gasteiger partial charge on any atom is 0.269 e. The molecule has 0 radical (unpaired) electrons. The Morgan fingerprint density at radius 1 is 1.35 bits per heavy atom. The van der Waals surface area contributed by atoms with E-state index >= 15 is 0 Å². The molecule has 0 atom stereocenters. The Morgan fingerprint density at radius 2 is 1.95 bits per heavy atom. The normalized spacial score (nSPS) is 11.4. The van der Waals surface area contributed by atoms with Crippen LogP contribution in [0, 0.1) is 10.1 Å². The number of hydrogen-bond acceptors (Lipinski definition) is 5. The largest absolute Gasteiger partial charge is 0.352 e. The number of carbonyl (C=O) groups excluding carboxylic acids is 1. The SMILES string of the molecule is CS(=O)(=O)CCNC(=O)/C=C/c1ccc([N+](=O)[O-])cc1. The van der Waals surface area contributed by atoms with Gasteiger partial charge in [-0.25, -0.2) is 8.42 Å². The number of rotatable bonds is 6. The molecule has 0 unspecified atom stereocenters. The zero-order valence-electron chi connectivity index (χ0n) is 10.8. The fourth-order valence-corrected chi connectivity index (χ4v) is 1.77. The van der Waals surface area contributed by atoms with Gasteiger partial charge in [0.05, 0.1) is 10.7 Å². The number of amides is 1. The molecule has 0 aliphatic heterocycles. The number of carbonyl (C=O) groups is 1. The standard InChI is InChI=1S/C12H14N2O5S/c1-20(18,19)9-8-13-12(15)7-4-10-2-5-11(6-3-10)14(16)17/h2-7H,8-9H2,1H3,(H,13,15)/b7-4+. The fourth-order valence-electron chi connectivity index (χ4n) is 1.30. The Bertz CT molecular complexity index is 620. The third kappa shape index (κ3) is 6.10. The van der Waals surface area contributed by atoms with Gasteiger partial charge in [0.15, 0.2) is 0 Å². The minimum absolute atomic E-state index is 0.0280. The molecule has 1 aromatic carbocycles. The van der Waals surface area contributed by atoms with Gasteiger partial charge in [-0.15, -0.1) is 0 Å². The second-order valence-electron chi connectivity index (χ2n) is 4.10. The van der Waals surface area contributed by atoms with Gasteiger partial charge in [0.2, 0.25) is 5.91 Å². The summed E-state index contributed by atoms with van der Waals surface area (Å²) in [6.07, 6.45) is 3.81. The number of non-ortho nitro benzene ring substituents is 1. The summed E-state index contributed by atoms with van der Waals surface area (Å²) in [5.74, 6) is -0.545. The highest BCUT2D eigenvalue weighted by Gasteiger charge is 2.04. The Hall–Kier alpha value is -2.22. The highest BCUT2D eigenvalue weighted by molar-refractivity contribution is 7.90. The first-order chi connectivity index (χ1) is 9.28. The van der Waals surface area contributed by atoms with E-state index in [9.17, 15) is 23.3 Å². The van der Waals surface area contributed by atoms with Crippen LogP contribution in [0.4, 0.5) is 5.69 Å². The monoisotopic (exact) mass is 298 g/mol. The van der Waals surface area contributed by atoms with Crippen LogP contribution in [0.2, 0.25) is 0 Å². The van der Waals surface area contributed by atoms with Gasteiger partial charge in [0.1, 0.15) is 9.84 Å². The van der Waals surface area contributed by atoms with E-state index in [1.165, 1.54) is 36.4 Å². The summed E-state index contributed by atoms with van der Waals surface area (Å²) in [4.78, 5) is 21.3. The van der Waals surface area contributed by atoms with Crippen LogP contribution >= 0.6 is 0 Å². The third-order valence-corrected chi connectivity index (χ3v) is 3.25. The summed E-state index contributed by atoms with van der Waals surface area (Å²) in [5.41, 5.74) is 0.605. The molecule has 108 valence electrons. The number of hydrogen-bond donors (Lipinski definition) is 1. The van der Waals surface area contributed by atoms with E-state index in [4.69, 9.17) is 0 Å². The van der Waals surface area contributed by atoms with Crippen LogP contribution < -0.4 is 5.32 Å². The first-order valence-electron chi connectivity index (χ1n) is 5.66. The van der Waals surface area contributed by atoms with E-state index in [0.29, 0.717) is 5.56 Å². The van der Waals surface area contributed by atoms with Crippen molar-refractivity contribution in [2.45, 2.75) is 0 Å². The minimum atomic E-state index is -3.10. The van der Waals surface area contributed by atoms with Crippen LogP contribution in [0.3, 0.4) is 0 Å². The quantitative estimate of drug-likeness (QED) is 0.474. The van der Waals surface area contributed by atoms with Gasteiger partial charge in [-0.2, -0.15) is 0 Å². The smallest absolute Gasteiger partial charge is 0.269 e. The van der Waals surface area contributed by atoms with E-state index < -0.39 is 20.7 Å². The summed E-state index contributed by atoms with van der Waals surface area (Å²) >= 11 is 0. The van der Waals surface area contributed by atoms with E-state index in [-0.39, 0.29) is 18.0 Å². The van der Waals surface area contributed by atoms with Crippen LogP contribution in [-0.4, -0.2) is 37.8 Å². The molecule has 0 saturated heterocycles. The maximum atomic E-state index is 11.4. The van der Waals surface area contributed by atoms with Gasteiger partial charge in [-0.05, 0) is 23.8 Å². The first kappa shape index (κ1) is 15.8. The first-order valence-corrected chi connectivity index (χ1v) is 7.72.